The van der Waals surface area contributed by atoms with Crippen molar-refractivity contribution in [2.75, 3.05) is 13.2 Å². The van der Waals surface area contributed by atoms with Gasteiger partial charge in [0.2, 0.25) is 0 Å². The maximum Gasteiger partial charge on any atom is 0.186 e. The third-order valence-electron chi connectivity index (χ3n) is 6.45. The molecule has 1 N–H and O–H groups in total. The Morgan fingerprint density at radius 3 is 1.68 bits per heavy atom. The van der Waals surface area contributed by atoms with Crippen LogP contribution in [0.2, 0.25) is 19.1 Å². The molecule has 0 heterocycles. The number of hydrogen-bond donors (Lipinski definition) is 1. The van der Waals surface area contributed by atoms with Crippen molar-refractivity contribution < 1.29 is 31.3 Å². The van der Waals surface area contributed by atoms with Crippen molar-refractivity contribution in [3.63, 3.8) is 0 Å². The van der Waals surface area contributed by atoms with Gasteiger partial charge in [-0.1, -0.05) is 54.6 Å². The van der Waals surface area contributed by atoms with E-state index in [0.717, 1.165) is 30.1 Å². The minimum absolute atomic E-state index is 0. The van der Waals surface area contributed by atoms with Gasteiger partial charge in [-0.05, 0) is 81.0 Å². The number of rotatable bonds is 11. The molecule has 3 nitrogen and oxygen atoms in total. The molecule has 0 aliphatic carbocycles. The van der Waals surface area contributed by atoms with Crippen LogP contribution in [0.1, 0.15) is 13.3 Å². The zero-order chi connectivity index (χ0) is 25.4. The fourth-order valence-electron chi connectivity index (χ4n) is 4.85. The number of aromatic hydroxyl groups is 1. The summed E-state index contributed by atoms with van der Waals surface area (Å²) in [6.07, 6.45) is 0.937. The SMILES string of the molecule is CCO[Si](C)(C)CCCOc1ccc(O)cc1[P+](c1ccccc1)(c1ccccc1)c1ccccc1.[Br-]. The predicted molar refractivity (Wildman–Crippen MR) is 157 cm³/mol. The summed E-state index contributed by atoms with van der Waals surface area (Å²) in [5.74, 6) is 1.07. The number of hydrogen-bond acceptors (Lipinski definition) is 3. The summed E-state index contributed by atoms with van der Waals surface area (Å²) < 4.78 is 12.5. The molecule has 0 radical (unpaired) electrons. The monoisotopic (exact) mass is 594 g/mol. The van der Waals surface area contributed by atoms with Crippen molar-refractivity contribution in [2.45, 2.75) is 32.5 Å². The molecule has 0 aliphatic rings. The molecular formula is C31H36BrO3PSi. The van der Waals surface area contributed by atoms with Gasteiger partial charge in [0.15, 0.2) is 19.4 Å². The van der Waals surface area contributed by atoms with Crippen molar-refractivity contribution in [3.8, 4) is 11.5 Å². The Kier molecular flexibility index (Phi) is 10.5. The molecule has 4 aromatic rings. The second-order valence-corrected chi connectivity index (χ2v) is 17.2. The molecule has 0 unspecified atom stereocenters. The lowest BCUT2D eigenvalue weighted by Gasteiger charge is -2.29. The maximum absolute atomic E-state index is 10.7. The number of ether oxygens (including phenoxy) is 1. The smallest absolute Gasteiger partial charge is 0.186 e. The lowest BCUT2D eigenvalue weighted by atomic mass is 10.3. The highest BCUT2D eigenvalue weighted by Gasteiger charge is 2.50. The third kappa shape index (κ3) is 6.72. The van der Waals surface area contributed by atoms with E-state index in [9.17, 15) is 5.11 Å². The Bertz CT molecular complexity index is 1140. The van der Waals surface area contributed by atoms with E-state index in [1.54, 1.807) is 6.07 Å². The van der Waals surface area contributed by atoms with Crippen LogP contribution in [0.15, 0.2) is 109 Å². The largest absolute Gasteiger partial charge is 1.00 e. The Morgan fingerprint density at radius 1 is 0.730 bits per heavy atom. The van der Waals surface area contributed by atoms with Crippen LogP contribution in [0.4, 0.5) is 0 Å². The first-order chi connectivity index (χ1) is 17.5. The molecule has 0 fully saturated rings. The van der Waals surface area contributed by atoms with Gasteiger partial charge in [-0.3, -0.25) is 0 Å². The minimum atomic E-state index is -2.36. The average molecular weight is 596 g/mol. The summed E-state index contributed by atoms with van der Waals surface area (Å²) >= 11 is 0. The molecule has 4 aromatic carbocycles. The zero-order valence-corrected chi connectivity index (χ0v) is 25.3. The fraction of sp³-hybridized carbons (Fsp3) is 0.226. The molecule has 194 valence electrons. The Labute approximate surface area is 233 Å². The van der Waals surface area contributed by atoms with Crippen LogP contribution in [0.5, 0.6) is 11.5 Å². The van der Waals surface area contributed by atoms with Gasteiger partial charge in [0.25, 0.3) is 0 Å². The second kappa shape index (κ2) is 13.4. The standard InChI is InChI=1S/C31H35O3PSi.BrH/c1-4-34-36(2,3)24-14-23-33-30-22-21-26(32)25-31(30)35(27-15-8-5-9-16-27,28-17-10-6-11-18-28)29-19-12-7-13-20-29;/h5-13,15-22,25H,4,14,23-24H2,1-3H3;1H. The van der Waals surface area contributed by atoms with Crippen molar-refractivity contribution >= 4 is 36.8 Å². The Balaban J connectivity index is 0.00000380. The molecule has 0 saturated heterocycles. The van der Waals surface area contributed by atoms with Gasteiger partial charge in [0, 0.05) is 12.7 Å². The molecule has 0 amide bonds. The molecule has 0 spiro atoms. The molecule has 0 atom stereocenters. The molecule has 6 heteroatoms. The zero-order valence-electron chi connectivity index (χ0n) is 21.8. The highest BCUT2D eigenvalue weighted by atomic mass is 79.9. The van der Waals surface area contributed by atoms with Crippen molar-refractivity contribution in [1.29, 1.82) is 0 Å². The topological polar surface area (TPSA) is 38.7 Å². The summed E-state index contributed by atoms with van der Waals surface area (Å²) in [5.41, 5.74) is 0. The normalized spacial score (nSPS) is 11.5. The van der Waals surface area contributed by atoms with E-state index in [1.807, 2.05) is 12.1 Å². The number of halogens is 1. The minimum Gasteiger partial charge on any atom is -1.00 e. The van der Waals surface area contributed by atoms with Crippen LogP contribution in [-0.2, 0) is 4.43 Å². The quantitative estimate of drug-likeness (QED) is 0.165. The number of phenolic OH excluding ortho intramolecular Hbond substituents is 1. The summed E-state index contributed by atoms with van der Waals surface area (Å²) in [7, 11) is -4.03. The third-order valence-corrected chi connectivity index (χ3v) is 13.4. The van der Waals surface area contributed by atoms with Crippen molar-refractivity contribution in [1.82, 2.24) is 0 Å². The lowest BCUT2D eigenvalue weighted by molar-refractivity contribution is -0.00000977. The van der Waals surface area contributed by atoms with Crippen LogP contribution in [-0.4, -0.2) is 26.6 Å². The fourth-order valence-corrected chi connectivity index (χ4v) is 11.2. The van der Waals surface area contributed by atoms with E-state index in [2.05, 4.69) is 111 Å². The summed E-state index contributed by atoms with van der Waals surface area (Å²) in [6.45, 7) is 7.96. The maximum atomic E-state index is 10.7. The highest BCUT2D eigenvalue weighted by molar-refractivity contribution is 8.01. The van der Waals surface area contributed by atoms with Crippen LogP contribution in [0.3, 0.4) is 0 Å². The van der Waals surface area contributed by atoms with Crippen LogP contribution in [0.25, 0.3) is 0 Å². The van der Waals surface area contributed by atoms with Crippen LogP contribution >= 0.6 is 7.26 Å². The van der Waals surface area contributed by atoms with E-state index >= 15 is 0 Å². The lowest BCUT2D eigenvalue weighted by Crippen LogP contribution is -3.00. The van der Waals surface area contributed by atoms with E-state index in [-0.39, 0.29) is 22.7 Å². The van der Waals surface area contributed by atoms with Gasteiger partial charge in [0.1, 0.15) is 28.9 Å². The Morgan fingerprint density at radius 2 is 1.22 bits per heavy atom. The molecule has 0 aromatic heterocycles. The van der Waals surface area contributed by atoms with Crippen molar-refractivity contribution in [2.24, 2.45) is 0 Å². The van der Waals surface area contributed by atoms with Gasteiger partial charge < -0.3 is 31.3 Å². The summed E-state index contributed by atoms with van der Waals surface area (Å²) in [5, 5.41) is 15.4. The van der Waals surface area contributed by atoms with Crippen LogP contribution < -0.4 is 42.9 Å². The van der Waals surface area contributed by atoms with Gasteiger partial charge in [-0.25, -0.2) is 0 Å². The molecule has 0 bridgehead atoms. The van der Waals surface area contributed by atoms with Gasteiger partial charge >= 0.3 is 0 Å². The number of phenols is 1. The van der Waals surface area contributed by atoms with Crippen LogP contribution in [0, 0.1) is 0 Å². The van der Waals surface area contributed by atoms with Gasteiger partial charge in [0.05, 0.1) is 6.61 Å². The first-order valence-electron chi connectivity index (χ1n) is 12.6. The Hall–Kier alpha value is -2.43. The first-order valence-corrected chi connectivity index (χ1v) is 17.5. The van der Waals surface area contributed by atoms with Gasteiger partial charge in [-0.2, -0.15) is 0 Å². The highest BCUT2D eigenvalue weighted by Crippen LogP contribution is 2.56. The second-order valence-electron chi connectivity index (χ2n) is 9.47. The number of benzene rings is 4. The molecule has 0 saturated carbocycles. The molecule has 0 aliphatic heterocycles. The van der Waals surface area contributed by atoms with E-state index in [1.165, 1.54) is 15.9 Å². The molecular weight excluding hydrogens is 559 g/mol. The molecule has 37 heavy (non-hydrogen) atoms. The van der Waals surface area contributed by atoms with Crippen molar-refractivity contribution in [3.05, 3.63) is 109 Å². The van der Waals surface area contributed by atoms with E-state index < -0.39 is 15.6 Å². The van der Waals surface area contributed by atoms with Gasteiger partial charge in [-0.15, -0.1) is 0 Å². The first kappa shape index (κ1) is 29.1. The predicted octanol–water partition coefficient (Wildman–Crippen LogP) is 3.03. The van der Waals surface area contributed by atoms with E-state index in [4.69, 9.17) is 9.16 Å². The summed E-state index contributed by atoms with van der Waals surface area (Å²) in [6, 6.07) is 38.6. The summed E-state index contributed by atoms with van der Waals surface area (Å²) in [4.78, 5) is 0. The average Bonchev–Trinajstić information content (AvgIpc) is 2.90. The molecule has 4 rings (SSSR count). The van der Waals surface area contributed by atoms with E-state index in [0.29, 0.717) is 6.61 Å².